The Hall–Kier alpha value is -3.68. The number of aryl methyl sites for hydroxylation is 1. The van der Waals surface area contributed by atoms with Gasteiger partial charge in [0.2, 0.25) is 0 Å². The monoisotopic (exact) mass is 368 g/mol. The van der Waals surface area contributed by atoms with Crippen molar-refractivity contribution >= 4 is 11.3 Å². The molecule has 0 aliphatic heterocycles. The van der Waals surface area contributed by atoms with E-state index in [9.17, 15) is 13.6 Å². The predicted molar refractivity (Wildman–Crippen MR) is 96.7 cm³/mol. The summed E-state index contributed by atoms with van der Waals surface area (Å²) in [4.78, 5) is 16.5. The van der Waals surface area contributed by atoms with Crippen LogP contribution < -0.4 is 16.2 Å². The Kier molecular flexibility index (Phi) is 3.88. The summed E-state index contributed by atoms with van der Waals surface area (Å²) in [6.45, 7) is 0. The number of rotatable bonds is 3. The van der Waals surface area contributed by atoms with Crippen LogP contribution >= 0.6 is 0 Å². The van der Waals surface area contributed by atoms with Gasteiger partial charge in [-0.1, -0.05) is 0 Å². The molecule has 136 valence electrons. The summed E-state index contributed by atoms with van der Waals surface area (Å²) in [7, 11) is 1.61. The van der Waals surface area contributed by atoms with Crippen molar-refractivity contribution in [3.63, 3.8) is 0 Å². The van der Waals surface area contributed by atoms with Crippen LogP contribution in [0.2, 0.25) is 0 Å². The van der Waals surface area contributed by atoms with Crippen molar-refractivity contribution in [3.05, 3.63) is 77.1 Å². The van der Waals surface area contributed by atoms with Gasteiger partial charge < -0.3 is 15.0 Å². The van der Waals surface area contributed by atoms with Gasteiger partial charge in [-0.2, -0.15) is 0 Å². The first-order valence-electron chi connectivity index (χ1n) is 7.99. The molecule has 2 N–H and O–H groups in total. The molecule has 8 heteroatoms. The van der Waals surface area contributed by atoms with E-state index in [1.165, 1.54) is 21.2 Å². The molecule has 0 radical (unpaired) electrons. The van der Waals surface area contributed by atoms with Crippen LogP contribution in [-0.4, -0.2) is 14.0 Å². The summed E-state index contributed by atoms with van der Waals surface area (Å²) >= 11 is 0. The van der Waals surface area contributed by atoms with Crippen LogP contribution in [0.3, 0.4) is 0 Å². The second-order valence-electron chi connectivity index (χ2n) is 5.99. The molecular formula is C19H14F2N4O2. The van der Waals surface area contributed by atoms with Gasteiger partial charge >= 0.3 is 5.69 Å². The Morgan fingerprint density at radius 1 is 1.07 bits per heavy atom. The quantitative estimate of drug-likeness (QED) is 0.563. The summed E-state index contributed by atoms with van der Waals surface area (Å²) in [6, 6.07) is 7.88. The minimum atomic E-state index is -0.829. The number of fused-ring (bicyclic) bond motifs is 1. The van der Waals surface area contributed by atoms with Crippen LogP contribution in [-0.2, 0) is 7.05 Å². The lowest BCUT2D eigenvalue weighted by molar-refractivity contribution is 0.439. The van der Waals surface area contributed by atoms with E-state index in [0.29, 0.717) is 28.2 Å². The number of aromatic nitrogens is 3. The van der Waals surface area contributed by atoms with E-state index >= 15 is 0 Å². The number of ether oxygens (including phenoxy) is 1. The van der Waals surface area contributed by atoms with E-state index in [1.54, 1.807) is 37.6 Å². The fourth-order valence-corrected chi connectivity index (χ4v) is 2.85. The smallest absolute Gasteiger partial charge is 0.333 e. The topological polar surface area (TPSA) is 74.6 Å². The Morgan fingerprint density at radius 2 is 1.85 bits per heavy atom. The molecule has 0 unspecified atom stereocenters. The second-order valence-corrected chi connectivity index (χ2v) is 5.99. The highest BCUT2D eigenvalue weighted by Gasteiger charge is 2.16. The van der Waals surface area contributed by atoms with Crippen LogP contribution in [0.25, 0.3) is 16.8 Å². The molecule has 0 bridgehead atoms. The average molecular weight is 368 g/mol. The zero-order chi connectivity index (χ0) is 19.1. The first-order valence-corrected chi connectivity index (χ1v) is 7.99. The Labute approximate surface area is 152 Å². The molecule has 0 saturated carbocycles. The van der Waals surface area contributed by atoms with Crippen molar-refractivity contribution < 1.29 is 13.5 Å². The minimum absolute atomic E-state index is 0.133. The fraction of sp³-hybridized carbons (Fsp3) is 0.0526. The van der Waals surface area contributed by atoms with Gasteiger partial charge in [0.15, 0.2) is 11.6 Å². The lowest BCUT2D eigenvalue weighted by atomic mass is 10.1. The number of nitrogens with two attached hydrogens (primary N) is 1. The Morgan fingerprint density at radius 3 is 2.63 bits per heavy atom. The number of hydrogen-bond donors (Lipinski definition) is 1. The van der Waals surface area contributed by atoms with E-state index in [0.717, 1.165) is 12.1 Å². The van der Waals surface area contributed by atoms with Gasteiger partial charge in [0.05, 0.1) is 0 Å². The van der Waals surface area contributed by atoms with Crippen molar-refractivity contribution in [1.82, 2.24) is 14.0 Å². The van der Waals surface area contributed by atoms with Gasteiger partial charge in [0, 0.05) is 48.5 Å². The summed E-state index contributed by atoms with van der Waals surface area (Å²) in [5, 5.41) is 0. The molecule has 0 spiro atoms. The number of halogens is 2. The molecule has 4 aromatic rings. The third-order valence-electron chi connectivity index (χ3n) is 4.12. The van der Waals surface area contributed by atoms with E-state index in [-0.39, 0.29) is 11.4 Å². The van der Waals surface area contributed by atoms with Gasteiger partial charge in [-0.15, -0.1) is 0 Å². The van der Waals surface area contributed by atoms with Crippen LogP contribution in [0.1, 0.15) is 0 Å². The van der Waals surface area contributed by atoms with Gasteiger partial charge in [-0.25, -0.2) is 18.6 Å². The van der Waals surface area contributed by atoms with Gasteiger partial charge in [-0.05, 0) is 30.3 Å². The molecule has 6 nitrogen and oxygen atoms in total. The molecular weight excluding hydrogens is 354 g/mol. The van der Waals surface area contributed by atoms with Crippen LogP contribution in [0.15, 0.2) is 59.8 Å². The molecule has 2 aromatic carbocycles. The third-order valence-corrected chi connectivity index (χ3v) is 4.12. The zero-order valence-electron chi connectivity index (χ0n) is 14.2. The van der Waals surface area contributed by atoms with Crippen LogP contribution in [0, 0.1) is 11.6 Å². The molecule has 2 aromatic heterocycles. The van der Waals surface area contributed by atoms with Gasteiger partial charge in [0.1, 0.15) is 17.2 Å². The lowest BCUT2D eigenvalue weighted by Gasteiger charge is -2.14. The highest BCUT2D eigenvalue weighted by Crippen LogP contribution is 2.37. The molecule has 0 fully saturated rings. The predicted octanol–water partition coefficient (Wildman–Crippen LogP) is 3.35. The Balaban J connectivity index is 1.92. The largest absolute Gasteiger partial charge is 0.454 e. The highest BCUT2D eigenvalue weighted by atomic mass is 19.1. The minimum Gasteiger partial charge on any atom is -0.454 e. The van der Waals surface area contributed by atoms with Gasteiger partial charge in [-0.3, -0.25) is 4.40 Å². The van der Waals surface area contributed by atoms with E-state index in [1.807, 2.05) is 0 Å². The van der Waals surface area contributed by atoms with Crippen molar-refractivity contribution in [2.75, 3.05) is 5.73 Å². The second kappa shape index (κ2) is 6.24. The summed E-state index contributed by atoms with van der Waals surface area (Å²) in [5.74, 6) is -1.37. The first kappa shape index (κ1) is 16.8. The number of hydrogen-bond acceptors (Lipinski definition) is 4. The van der Waals surface area contributed by atoms with Crippen LogP contribution in [0.4, 0.5) is 14.5 Å². The summed E-state index contributed by atoms with van der Waals surface area (Å²) in [5.41, 5.74) is 7.62. The molecule has 0 aliphatic rings. The maximum Gasteiger partial charge on any atom is 0.333 e. The van der Waals surface area contributed by atoms with Crippen molar-refractivity contribution in [1.29, 1.82) is 0 Å². The van der Waals surface area contributed by atoms with E-state index in [4.69, 9.17) is 10.5 Å². The molecule has 0 aliphatic carbocycles. The number of nitrogen functional groups attached to an aromatic ring is 1. The van der Waals surface area contributed by atoms with Crippen molar-refractivity contribution in [2.45, 2.75) is 0 Å². The standard InChI is InChI=1S/C19H14F2N4O2/c1-24-10-14(18-23-6-7-25(18)19(24)26)13-9-12(22)3-5-16(13)27-17-4-2-11(20)8-15(17)21/h2-10H,22H2,1H3. The molecule has 4 rings (SSSR count). The zero-order valence-corrected chi connectivity index (χ0v) is 14.2. The summed E-state index contributed by atoms with van der Waals surface area (Å²) in [6.07, 6.45) is 4.66. The maximum absolute atomic E-state index is 14.0. The molecule has 2 heterocycles. The van der Waals surface area contributed by atoms with Crippen molar-refractivity contribution in [2.24, 2.45) is 7.05 Å². The van der Waals surface area contributed by atoms with Crippen LogP contribution in [0.5, 0.6) is 11.5 Å². The fourth-order valence-electron chi connectivity index (χ4n) is 2.85. The van der Waals surface area contributed by atoms with Gasteiger partial charge in [0.25, 0.3) is 0 Å². The molecule has 0 saturated heterocycles. The third kappa shape index (κ3) is 2.91. The first-order chi connectivity index (χ1) is 12.9. The number of benzene rings is 2. The molecule has 0 atom stereocenters. The van der Waals surface area contributed by atoms with E-state index in [2.05, 4.69) is 4.98 Å². The normalized spacial score (nSPS) is 11.1. The molecule has 0 amide bonds. The lowest BCUT2D eigenvalue weighted by Crippen LogP contribution is -2.23. The highest BCUT2D eigenvalue weighted by molar-refractivity contribution is 5.83. The number of nitrogens with zero attached hydrogens (tertiary/aromatic N) is 3. The average Bonchev–Trinajstić information content (AvgIpc) is 3.12. The molecule has 27 heavy (non-hydrogen) atoms. The van der Waals surface area contributed by atoms with Crippen molar-refractivity contribution in [3.8, 4) is 22.6 Å². The number of anilines is 1. The Bertz CT molecular complexity index is 1230. The summed E-state index contributed by atoms with van der Waals surface area (Å²) < 4.78 is 35.6. The van der Waals surface area contributed by atoms with E-state index < -0.39 is 11.6 Å². The SMILES string of the molecule is Cn1cc(-c2cc(N)ccc2Oc2ccc(F)cc2F)c2nccn2c1=O. The maximum atomic E-state index is 14.0. The number of imidazole rings is 1.